The third-order valence-corrected chi connectivity index (χ3v) is 4.30. The van der Waals surface area contributed by atoms with E-state index in [4.69, 9.17) is 14.2 Å². The van der Waals surface area contributed by atoms with Gasteiger partial charge in [0.15, 0.2) is 0 Å². The van der Waals surface area contributed by atoms with Gasteiger partial charge >= 0.3 is 0 Å². The van der Waals surface area contributed by atoms with Gasteiger partial charge < -0.3 is 14.2 Å². The van der Waals surface area contributed by atoms with Gasteiger partial charge in [-0.05, 0) is 24.3 Å². The van der Waals surface area contributed by atoms with Crippen molar-refractivity contribution in [1.29, 1.82) is 0 Å². The van der Waals surface area contributed by atoms with Crippen LogP contribution in [0.4, 0.5) is 0 Å². The number of sulfonamides is 1. The van der Waals surface area contributed by atoms with Crippen LogP contribution in [0, 0.1) is 0 Å². The molecular formula is C13H19NO5S. The maximum absolute atomic E-state index is 11.6. The summed E-state index contributed by atoms with van der Waals surface area (Å²) in [5.74, 6) is 1.40. The van der Waals surface area contributed by atoms with Gasteiger partial charge in [-0.2, -0.15) is 4.31 Å². The minimum atomic E-state index is -3.23. The molecule has 0 aliphatic carbocycles. The van der Waals surface area contributed by atoms with Gasteiger partial charge in [0, 0.05) is 6.54 Å². The molecule has 6 nitrogen and oxygen atoms in total. The largest absolute Gasteiger partial charge is 0.497 e. The molecule has 7 heteroatoms. The Hall–Kier alpha value is -1.31. The van der Waals surface area contributed by atoms with E-state index in [0.717, 1.165) is 5.75 Å². The van der Waals surface area contributed by atoms with Crippen molar-refractivity contribution in [2.45, 2.75) is 6.10 Å². The predicted octanol–water partition coefficient (Wildman–Crippen LogP) is 0.734. The second kappa shape index (κ2) is 6.43. The Labute approximate surface area is 119 Å². The molecule has 0 bridgehead atoms. The third-order valence-electron chi connectivity index (χ3n) is 3.03. The van der Waals surface area contributed by atoms with Crippen molar-refractivity contribution in [3.8, 4) is 11.5 Å². The molecule has 1 aromatic carbocycles. The zero-order valence-electron chi connectivity index (χ0n) is 11.6. The maximum Gasteiger partial charge on any atom is 0.211 e. The Morgan fingerprint density at radius 2 is 1.90 bits per heavy atom. The smallest absolute Gasteiger partial charge is 0.211 e. The van der Waals surface area contributed by atoms with Gasteiger partial charge in [0.1, 0.15) is 17.6 Å². The molecule has 20 heavy (non-hydrogen) atoms. The molecular weight excluding hydrogens is 282 g/mol. The normalized spacial score (nSPS) is 21.2. The predicted molar refractivity (Wildman–Crippen MR) is 74.6 cm³/mol. The topological polar surface area (TPSA) is 65.1 Å². The summed E-state index contributed by atoms with van der Waals surface area (Å²) in [6.07, 6.45) is 0.878. The molecule has 0 amide bonds. The van der Waals surface area contributed by atoms with Crippen LogP contribution in [0.2, 0.25) is 0 Å². The molecule has 1 aliphatic rings. The summed E-state index contributed by atoms with van der Waals surface area (Å²) >= 11 is 0. The third kappa shape index (κ3) is 4.09. The van der Waals surface area contributed by atoms with Crippen LogP contribution in [0.5, 0.6) is 11.5 Å². The number of methoxy groups -OCH3 is 1. The van der Waals surface area contributed by atoms with E-state index in [0.29, 0.717) is 32.1 Å². The highest BCUT2D eigenvalue weighted by molar-refractivity contribution is 7.88. The van der Waals surface area contributed by atoms with E-state index in [2.05, 4.69) is 0 Å². The number of hydrogen-bond donors (Lipinski definition) is 0. The van der Waals surface area contributed by atoms with Crippen molar-refractivity contribution in [2.24, 2.45) is 0 Å². The van der Waals surface area contributed by atoms with Crippen molar-refractivity contribution in [3.05, 3.63) is 24.3 Å². The summed E-state index contributed by atoms with van der Waals surface area (Å²) in [7, 11) is -1.64. The molecule has 1 saturated heterocycles. The lowest BCUT2D eigenvalue weighted by molar-refractivity contribution is 0.0722. The van der Waals surface area contributed by atoms with Crippen molar-refractivity contribution in [3.63, 3.8) is 0 Å². The molecule has 0 radical (unpaired) electrons. The molecule has 0 spiro atoms. The maximum atomic E-state index is 11.6. The number of ether oxygens (including phenoxy) is 3. The summed E-state index contributed by atoms with van der Waals surface area (Å²) in [5, 5.41) is 0. The van der Waals surface area contributed by atoms with Gasteiger partial charge in [0.05, 0.1) is 33.1 Å². The number of benzene rings is 1. The van der Waals surface area contributed by atoms with Crippen LogP contribution in [-0.2, 0) is 14.8 Å². The first-order chi connectivity index (χ1) is 9.49. The Morgan fingerprint density at radius 1 is 1.25 bits per heavy atom. The SMILES string of the molecule is COc1ccc(O[C@H]2COCCN(S(C)(=O)=O)C2)cc1. The highest BCUT2D eigenvalue weighted by Crippen LogP contribution is 2.19. The molecule has 1 fully saturated rings. The Bertz CT molecular complexity index is 528. The first-order valence-electron chi connectivity index (χ1n) is 6.32. The monoisotopic (exact) mass is 301 g/mol. The van der Waals surface area contributed by atoms with Crippen molar-refractivity contribution in [1.82, 2.24) is 4.31 Å². The summed E-state index contributed by atoms with van der Waals surface area (Å²) in [4.78, 5) is 0. The minimum absolute atomic E-state index is 0.296. The standard InChI is InChI=1S/C13H19NO5S/c1-17-11-3-5-12(6-4-11)19-13-9-14(20(2,15)16)7-8-18-10-13/h3-6,13H,7-10H2,1-2H3/t13-/m1/s1. The van der Waals surface area contributed by atoms with E-state index in [9.17, 15) is 8.42 Å². The Kier molecular flexibility index (Phi) is 4.85. The van der Waals surface area contributed by atoms with Crippen molar-refractivity contribution < 1.29 is 22.6 Å². The molecule has 112 valence electrons. The minimum Gasteiger partial charge on any atom is -0.497 e. The van der Waals surface area contributed by atoms with Gasteiger partial charge in [-0.1, -0.05) is 0 Å². The lowest BCUT2D eigenvalue weighted by Crippen LogP contribution is -2.39. The summed E-state index contributed by atoms with van der Waals surface area (Å²) in [6.45, 7) is 1.42. The number of rotatable bonds is 4. The van der Waals surface area contributed by atoms with Crippen LogP contribution in [0.15, 0.2) is 24.3 Å². The Morgan fingerprint density at radius 3 is 2.50 bits per heavy atom. The lowest BCUT2D eigenvalue weighted by atomic mass is 10.3. The zero-order valence-corrected chi connectivity index (χ0v) is 12.4. The summed E-state index contributed by atoms with van der Waals surface area (Å²) in [6, 6.07) is 7.16. The van der Waals surface area contributed by atoms with E-state index < -0.39 is 10.0 Å². The Balaban J connectivity index is 2.03. The lowest BCUT2D eigenvalue weighted by Gasteiger charge is -2.22. The van der Waals surface area contributed by atoms with Gasteiger partial charge in [-0.25, -0.2) is 8.42 Å². The molecule has 2 rings (SSSR count). The molecule has 0 aromatic heterocycles. The number of nitrogens with zero attached hydrogens (tertiary/aromatic N) is 1. The molecule has 1 atom stereocenters. The quantitative estimate of drug-likeness (QED) is 0.820. The summed E-state index contributed by atoms with van der Waals surface area (Å²) in [5.41, 5.74) is 0. The van der Waals surface area contributed by atoms with E-state index in [1.54, 1.807) is 31.4 Å². The van der Waals surface area contributed by atoms with Gasteiger partial charge in [0.2, 0.25) is 10.0 Å². The first-order valence-corrected chi connectivity index (χ1v) is 8.17. The average Bonchev–Trinajstić information content (AvgIpc) is 2.65. The zero-order chi connectivity index (χ0) is 14.6. The number of hydrogen-bond acceptors (Lipinski definition) is 5. The van der Waals surface area contributed by atoms with E-state index in [-0.39, 0.29) is 6.10 Å². The van der Waals surface area contributed by atoms with E-state index in [1.807, 2.05) is 0 Å². The fourth-order valence-electron chi connectivity index (χ4n) is 1.97. The van der Waals surface area contributed by atoms with Crippen molar-refractivity contribution >= 4 is 10.0 Å². The van der Waals surface area contributed by atoms with Gasteiger partial charge in [-0.3, -0.25) is 0 Å². The fourth-order valence-corrected chi connectivity index (χ4v) is 2.81. The van der Waals surface area contributed by atoms with Crippen LogP contribution in [0.25, 0.3) is 0 Å². The van der Waals surface area contributed by atoms with Crippen LogP contribution in [0.3, 0.4) is 0 Å². The van der Waals surface area contributed by atoms with Crippen LogP contribution < -0.4 is 9.47 Å². The molecule has 1 heterocycles. The van der Waals surface area contributed by atoms with Gasteiger partial charge in [0.25, 0.3) is 0 Å². The molecule has 1 aliphatic heterocycles. The molecule has 1 aromatic rings. The molecule has 0 unspecified atom stereocenters. The van der Waals surface area contributed by atoms with Crippen molar-refractivity contribution in [2.75, 3.05) is 39.7 Å². The second-order valence-corrected chi connectivity index (χ2v) is 6.59. The molecule has 0 saturated carbocycles. The highest BCUT2D eigenvalue weighted by Gasteiger charge is 2.25. The molecule has 0 N–H and O–H groups in total. The fraction of sp³-hybridized carbons (Fsp3) is 0.538. The second-order valence-electron chi connectivity index (χ2n) is 4.61. The van der Waals surface area contributed by atoms with Gasteiger partial charge in [-0.15, -0.1) is 0 Å². The highest BCUT2D eigenvalue weighted by atomic mass is 32.2. The summed E-state index contributed by atoms with van der Waals surface area (Å²) < 4.78 is 40.9. The van der Waals surface area contributed by atoms with Crippen LogP contribution >= 0.6 is 0 Å². The average molecular weight is 301 g/mol. The first kappa shape index (κ1) is 15.1. The van der Waals surface area contributed by atoms with E-state index >= 15 is 0 Å². The van der Waals surface area contributed by atoms with Crippen LogP contribution in [-0.4, -0.2) is 58.5 Å². The van der Waals surface area contributed by atoms with E-state index in [1.165, 1.54) is 10.6 Å². The van der Waals surface area contributed by atoms with Crippen LogP contribution in [0.1, 0.15) is 0 Å².